The van der Waals surface area contributed by atoms with Gasteiger partial charge in [0.1, 0.15) is 5.69 Å². The Balaban J connectivity index is 1.94. The third kappa shape index (κ3) is 4.62. The van der Waals surface area contributed by atoms with Gasteiger partial charge in [-0.15, -0.1) is 11.3 Å². The number of carbonyl (C=O) groups excluding carboxylic acids is 2. The van der Waals surface area contributed by atoms with Gasteiger partial charge in [-0.3, -0.25) is 14.6 Å². The molecule has 8 heteroatoms. The lowest BCUT2D eigenvalue weighted by atomic mass is 10.1. The van der Waals surface area contributed by atoms with Crippen molar-refractivity contribution in [3.05, 3.63) is 52.0 Å². The fourth-order valence-electron chi connectivity index (χ4n) is 1.87. The third-order valence-electron chi connectivity index (χ3n) is 2.98. The zero-order valence-corrected chi connectivity index (χ0v) is 12.9. The summed E-state index contributed by atoms with van der Waals surface area (Å²) in [6.07, 6.45) is -3.57. The van der Waals surface area contributed by atoms with Crippen LogP contribution in [0.15, 0.2) is 35.8 Å². The summed E-state index contributed by atoms with van der Waals surface area (Å²) in [6.45, 7) is 1.65. The number of carbonyl (C=O) groups is 2. The molecule has 2 heterocycles. The summed E-state index contributed by atoms with van der Waals surface area (Å²) >= 11 is 1.31. The average Bonchev–Trinajstić information content (AvgIpc) is 3.00. The van der Waals surface area contributed by atoms with Crippen molar-refractivity contribution in [1.82, 2.24) is 10.3 Å². The van der Waals surface area contributed by atoms with Crippen LogP contribution in [0, 0.1) is 0 Å². The average molecular weight is 342 g/mol. The molecule has 1 N–H and O–H groups in total. The molecule has 0 radical (unpaired) electrons. The van der Waals surface area contributed by atoms with Crippen LogP contribution in [-0.2, 0) is 6.18 Å². The molecule has 0 aliphatic carbocycles. The summed E-state index contributed by atoms with van der Waals surface area (Å²) in [5, 5.41) is 4.35. The number of hydrogen-bond donors (Lipinski definition) is 1. The first-order valence-electron chi connectivity index (χ1n) is 6.68. The maximum atomic E-state index is 12.4. The van der Waals surface area contributed by atoms with Crippen LogP contribution in [0.3, 0.4) is 0 Å². The van der Waals surface area contributed by atoms with Gasteiger partial charge in [0.25, 0.3) is 5.91 Å². The van der Waals surface area contributed by atoms with Crippen molar-refractivity contribution in [2.24, 2.45) is 0 Å². The van der Waals surface area contributed by atoms with Crippen LogP contribution >= 0.6 is 11.3 Å². The van der Waals surface area contributed by atoms with Crippen molar-refractivity contribution < 1.29 is 22.8 Å². The number of hydrogen-bond acceptors (Lipinski definition) is 4. The normalized spacial score (nSPS) is 12.7. The van der Waals surface area contributed by atoms with Crippen LogP contribution in [0.4, 0.5) is 13.2 Å². The van der Waals surface area contributed by atoms with Gasteiger partial charge in [-0.05, 0) is 30.5 Å². The van der Waals surface area contributed by atoms with E-state index in [0.29, 0.717) is 4.88 Å². The van der Waals surface area contributed by atoms with E-state index >= 15 is 0 Å². The Bertz CT molecular complexity index is 682. The summed E-state index contributed by atoms with van der Waals surface area (Å²) in [6, 6.07) is 4.81. The molecule has 0 aromatic carbocycles. The first kappa shape index (κ1) is 17.1. The number of nitrogens with one attached hydrogen (secondary N) is 1. The van der Waals surface area contributed by atoms with Gasteiger partial charge in [-0.25, -0.2) is 0 Å². The molecule has 0 spiro atoms. The fourth-order valence-corrected chi connectivity index (χ4v) is 2.55. The van der Waals surface area contributed by atoms with Crippen molar-refractivity contribution in [3.63, 3.8) is 0 Å². The molecule has 0 aliphatic rings. The minimum Gasteiger partial charge on any atom is -0.349 e. The second-order valence-corrected chi connectivity index (χ2v) is 5.86. The highest BCUT2D eigenvalue weighted by molar-refractivity contribution is 7.12. The molecular weight excluding hydrogens is 329 g/mol. The third-order valence-corrected chi connectivity index (χ3v) is 3.89. The molecule has 0 fully saturated rings. The maximum absolute atomic E-state index is 12.4. The number of nitrogens with zero attached hydrogens (tertiary/aromatic N) is 1. The monoisotopic (exact) mass is 342 g/mol. The Morgan fingerprint density at radius 1 is 1.30 bits per heavy atom. The smallest absolute Gasteiger partial charge is 0.349 e. The van der Waals surface area contributed by atoms with Gasteiger partial charge in [0.15, 0.2) is 5.78 Å². The SMILES string of the molecule is C[C@@H](CC(=O)c1cccs1)NC(=O)c1ccc(C(F)(F)F)nc1. The van der Waals surface area contributed by atoms with Gasteiger partial charge in [-0.2, -0.15) is 13.2 Å². The van der Waals surface area contributed by atoms with E-state index in [1.165, 1.54) is 11.3 Å². The molecule has 1 amide bonds. The minimum absolute atomic E-state index is 0.00780. The number of aromatic nitrogens is 1. The van der Waals surface area contributed by atoms with E-state index in [1.807, 2.05) is 0 Å². The zero-order valence-electron chi connectivity index (χ0n) is 12.1. The molecule has 0 saturated heterocycles. The van der Waals surface area contributed by atoms with Gasteiger partial charge in [-0.1, -0.05) is 6.07 Å². The highest BCUT2D eigenvalue weighted by Gasteiger charge is 2.32. The molecule has 0 unspecified atom stereocenters. The predicted octanol–water partition coefficient (Wildman–Crippen LogP) is 3.55. The molecule has 0 bridgehead atoms. The largest absolute Gasteiger partial charge is 0.433 e. The molecule has 2 aromatic rings. The van der Waals surface area contributed by atoms with E-state index in [2.05, 4.69) is 10.3 Å². The van der Waals surface area contributed by atoms with Crippen LogP contribution in [0.25, 0.3) is 0 Å². The van der Waals surface area contributed by atoms with Crippen LogP contribution in [0.5, 0.6) is 0 Å². The van der Waals surface area contributed by atoms with E-state index in [1.54, 1.807) is 24.4 Å². The van der Waals surface area contributed by atoms with Crippen molar-refractivity contribution in [2.45, 2.75) is 25.6 Å². The Labute approximate surface area is 134 Å². The predicted molar refractivity (Wildman–Crippen MR) is 79.4 cm³/mol. The van der Waals surface area contributed by atoms with E-state index in [4.69, 9.17) is 0 Å². The van der Waals surface area contributed by atoms with Crippen LogP contribution in [-0.4, -0.2) is 22.7 Å². The highest BCUT2D eigenvalue weighted by Crippen LogP contribution is 2.27. The summed E-state index contributed by atoms with van der Waals surface area (Å²) < 4.78 is 37.2. The molecule has 0 saturated carbocycles. The second-order valence-electron chi connectivity index (χ2n) is 4.91. The zero-order chi connectivity index (χ0) is 17.0. The standard InChI is InChI=1S/C15H13F3N2O2S/c1-9(7-11(21)12-3-2-6-23-12)20-14(22)10-4-5-13(19-8-10)15(16,17)18/h2-6,8-9H,7H2,1H3,(H,20,22)/t9-/m0/s1. The fraction of sp³-hybridized carbons (Fsp3) is 0.267. The first-order valence-corrected chi connectivity index (χ1v) is 7.56. The lowest BCUT2D eigenvalue weighted by Crippen LogP contribution is -2.34. The quantitative estimate of drug-likeness (QED) is 0.846. The number of pyridine rings is 1. The number of rotatable bonds is 5. The first-order chi connectivity index (χ1) is 10.8. The Morgan fingerprint density at radius 3 is 2.57 bits per heavy atom. The Kier molecular flexibility index (Phi) is 5.15. The molecular formula is C15H13F3N2O2S. The highest BCUT2D eigenvalue weighted by atomic mass is 32.1. The van der Waals surface area contributed by atoms with E-state index in [-0.39, 0.29) is 17.8 Å². The molecule has 1 atom stereocenters. The van der Waals surface area contributed by atoms with Gasteiger partial charge in [0, 0.05) is 18.7 Å². The van der Waals surface area contributed by atoms with Gasteiger partial charge in [0.2, 0.25) is 0 Å². The van der Waals surface area contributed by atoms with Crippen molar-refractivity contribution in [2.75, 3.05) is 0 Å². The Hall–Kier alpha value is -2.22. The Morgan fingerprint density at radius 2 is 2.04 bits per heavy atom. The molecule has 2 rings (SSSR count). The lowest BCUT2D eigenvalue weighted by molar-refractivity contribution is -0.141. The van der Waals surface area contributed by atoms with Gasteiger partial charge >= 0.3 is 6.18 Å². The lowest BCUT2D eigenvalue weighted by Gasteiger charge is -2.13. The van der Waals surface area contributed by atoms with E-state index < -0.39 is 23.8 Å². The molecule has 4 nitrogen and oxygen atoms in total. The number of halogens is 3. The summed E-state index contributed by atoms with van der Waals surface area (Å²) in [7, 11) is 0. The summed E-state index contributed by atoms with van der Waals surface area (Å²) in [5.41, 5.74) is -1.05. The molecule has 122 valence electrons. The van der Waals surface area contributed by atoms with Gasteiger partial charge in [0.05, 0.1) is 10.4 Å². The number of alkyl halides is 3. The maximum Gasteiger partial charge on any atom is 0.433 e. The minimum atomic E-state index is -4.55. The van der Waals surface area contributed by atoms with Crippen LogP contribution in [0.1, 0.15) is 39.1 Å². The number of Topliss-reactive ketones (excluding diaryl/α,β-unsaturated/α-hetero) is 1. The number of thiophene rings is 1. The topological polar surface area (TPSA) is 59.1 Å². The van der Waals surface area contributed by atoms with Crippen LogP contribution in [0.2, 0.25) is 0 Å². The van der Waals surface area contributed by atoms with Crippen molar-refractivity contribution in [1.29, 1.82) is 0 Å². The number of amides is 1. The van der Waals surface area contributed by atoms with E-state index in [9.17, 15) is 22.8 Å². The second kappa shape index (κ2) is 6.91. The van der Waals surface area contributed by atoms with Gasteiger partial charge < -0.3 is 5.32 Å². The van der Waals surface area contributed by atoms with Crippen LogP contribution < -0.4 is 5.32 Å². The molecule has 2 aromatic heterocycles. The molecule has 0 aliphatic heterocycles. The number of ketones is 1. The van der Waals surface area contributed by atoms with Crippen molar-refractivity contribution in [3.8, 4) is 0 Å². The summed E-state index contributed by atoms with van der Waals surface area (Å²) in [4.78, 5) is 27.7. The van der Waals surface area contributed by atoms with E-state index in [0.717, 1.165) is 18.3 Å². The molecule has 23 heavy (non-hydrogen) atoms. The van der Waals surface area contributed by atoms with Crippen molar-refractivity contribution >= 4 is 23.0 Å². The summed E-state index contributed by atoms with van der Waals surface area (Å²) in [5.74, 6) is -0.670.